The smallest absolute Gasteiger partial charge is 0.0200 e. The van der Waals surface area contributed by atoms with Crippen molar-refractivity contribution in [3.63, 3.8) is 0 Å². The Bertz CT molecular complexity index is 355. The summed E-state index contributed by atoms with van der Waals surface area (Å²) in [7, 11) is 0. The van der Waals surface area contributed by atoms with E-state index >= 15 is 0 Å². The fourth-order valence-corrected chi connectivity index (χ4v) is 3.61. The van der Waals surface area contributed by atoms with Crippen LogP contribution in [-0.2, 0) is 0 Å². The number of rotatable bonds is 8. The molecule has 0 saturated heterocycles. The van der Waals surface area contributed by atoms with Gasteiger partial charge in [0.2, 0.25) is 0 Å². The van der Waals surface area contributed by atoms with Crippen LogP contribution in [-0.4, -0.2) is 0 Å². The average Bonchev–Trinajstić information content (AvgIpc) is 2.55. The van der Waals surface area contributed by atoms with Crippen molar-refractivity contribution in [2.75, 3.05) is 0 Å². The molecular formula is C22H38. The molecule has 0 aromatic carbocycles. The van der Waals surface area contributed by atoms with Crippen LogP contribution in [0.2, 0.25) is 0 Å². The Labute approximate surface area is 140 Å². The van der Waals surface area contributed by atoms with Crippen molar-refractivity contribution in [2.24, 2.45) is 53.3 Å². The summed E-state index contributed by atoms with van der Waals surface area (Å²) in [6.07, 6.45) is 11.2. The minimum Gasteiger partial charge on any atom is -0.120 e. The Balaban J connectivity index is 4.91. The van der Waals surface area contributed by atoms with E-state index in [1.807, 2.05) is 0 Å². The van der Waals surface area contributed by atoms with Crippen LogP contribution < -0.4 is 0 Å². The Morgan fingerprint density at radius 1 is 0.409 bits per heavy atom. The Kier molecular flexibility index (Phi) is 8.93. The molecular weight excluding hydrogens is 264 g/mol. The Morgan fingerprint density at radius 2 is 0.591 bits per heavy atom. The lowest BCUT2D eigenvalue weighted by Gasteiger charge is -2.39. The van der Waals surface area contributed by atoms with Crippen molar-refractivity contribution in [2.45, 2.75) is 62.3 Å². The molecule has 22 heavy (non-hydrogen) atoms. The second-order valence-electron chi connectivity index (χ2n) is 7.92. The maximum absolute atomic E-state index is 5.61. The highest BCUT2D eigenvalue weighted by atomic mass is 14.4. The first-order valence-corrected chi connectivity index (χ1v) is 9.02. The van der Waals surface area contributed by atoms with E-state index < -0.39 is 0 Å². The van der Waals surface area contributed by atoms with Gasteiger partial charge in [0.05, 0.1) is 0 Å². The minimum atomic E-state index is 0.345. The lowest BCUT2D eigenvalue weighted by atomic mass is 9.66. The number of terminal acetylenes is 2. The van der Waals surface area contributed by atoms with Crippen molar-refractivity contribution in [3.8, 4) is 24.7 Å². The fourth-order valence-electron chi connectivity index (χ4n) is 3.61. The van der Waals surface area contributed by atoms with Gasteiger partial charge in [-0.25, -0.2) is 0 Å². The Hall–Kier alpha value is -0.880. The Morgan fingerprint density at radius 3 is 0.773 bits per heavy atom. The van der Waals surface area contributed by atoms with Gasteiger partial charge in [-0.05, 0) is 41.4 Å². The van der Waals surface area contributed by atoms with Gasteiger partial charge in [-0.3, -0.25) is 0 Å². The molecule has 0 aliphatic rings. The monoisotopic (exact) mass is 302 g/mol. The normalized spacial score (nSPS) is 23.8. The van der Waals surface area contributed by atoms with Crippen LogP contribution in [0.1, 0.15) is 62.3 Å². The predicted molar refractivity (Wildman–Crippen MR) is 100 cm³/mol. The van der Waals surface area contributed by atoms with Crippen molar-refractivity contribution in [1.82, 2.24) is 0 Å². The summed E-state index contributed by atoms with van der Waals surface area (Å²) < 4.78 is 0. The summed E-state index contributed by atoms with van der Waals surface area (Å²) in [5.41, 5.74) is 0. The quantitative estimate of drug-likeness (QED) is 0.484. The van der Waals surface area contributed by atoms with Crippen molar-refractivity contribution < 1.29 is 0 Å². The minimum absolute atomic E-state index is 0.345. The first-order chi connectivity index (χ1) is 10.1. The highest BCUT2D eigenvalue weighted by molar-refractivity contribution is 4.96. The van der Waals surface area contributed by atoms with Crippen molar-refractivity contribution in [1.29, 1.82) is 0 Å². The summed E-state index contributed by atoms with van der Waals surface area (Å²) in [5.74, 6) is 10.9. The maximum Gasteiger partial charge on any atom is 0.0200 e. The molecule has 0 rings (SSSR count). The summed E-state index contributed by atoms with van der Waals surface area (Å²) in [5, 5.41) is 0. The zero-order chi connectivity index (χ0) is 17.6. The first kappa shape index (κ1) is 21.1. The average molecular weight is 303 g/mol. The first-order valence-electron chi connectivity index (χ1n) is 9.02. The van der Waals surface area contributed by atoms with E-state index in [1.165, 1.54) is 0 Å². The molecule has 0 fully saturated rings. The number of hydrogen-bond acceptors (Lipinski definition) is 0. The highest BCUT2D eigenvalue weighted by Gasteiger charge is 2.33. The third-order valence-electron chi connectivity index (χ3n) is 7.08. The lowest BCUT2D eigenvalue weighted by Crippen LogP contribution is -2.33. The van der Waals surface area contributed by atoms with Crippen molar-refractivity contribution >= 4 is 0 Å². The molecule has 0 spiro atoms. The van der Waals surface area contributed by atoms with Crippen molar-refractivity contribution in [3.05, 3.63) is 0 Å². The molecule has 0 N–H and O–H groups in total. The van der Waals surface area contributed by atoms with Crippen LogP contribution in [0.4, 0.5) is 0 Å². The molecule has 0 bridgehead atoms. The molecule has 1 unspecified atom stereocenters. The highest BCUT2D eigenvalue weighted by Crippen LogP contribution is 2.39. The largest absolute Gasteiger partial charge is 0.120 e. The number of hydrogen-bond donors (Lipinski definition) is 0. The van der Waals surface area contributed by atoms with E-state index in [0.717, 1.165) is 0 Å². The van der Waals surface area contributed by atoms with Gasteiger partial charge in [-0.15, -0.1) is 24.7 Å². The van der Waals surface area contributed by atoms with Crippen LogP contribution >= 0.6 is 0 Å². The molecule has 0 saturated carbocycles. The van der Waals surface area contributed by atoms with E-state index in [0.29, 0.717) is 53.3 Å². The predicted octanol–water partition coefficient (Wildman–Crippen LogP) is 5.98. The molecule has 0 heteroatoms. The fraction of sp³-hybridized carbons (Fsp3) is 0.818. The molecule has 0 aliphatic heterocycles. The molecule has 0 nitrogen and oxygen atoms in total. The van der Waals surface area contributed by atoms with Gasteiger partial charge in [0.1, 0.15) is 0 Å². The van der Waals surface area contributed by atoms with Crippen LogP contribution in [0.3, 0.4) is 0 Å². The van der Waals surface area contributed by atoms with E-state index in [9.17, 15) is 0 Å². The summed E-state index contributed by atoms with van der Waals surface area (Å²) in [6.45, 7) is 20.9. The zero-order valence-electron chi connectivity index (χ0n) is 16.4. The molecule has 0 aromatic heterocycles. The summed E-state index contributed by atoms with van der Waals surface area (Å²) >= 11 is 0. The van der Waals surface area contributed by atoms with E-state index in [1.54, 1.807) is 0 Å². The van der Waals surface area contributed by atoms with Crippen LogP contribution in [0.25, 0.3) is 0 Å². The van der Waals surface area contributed by atoms with Gasteiger partial charge in [0.25, 0.3) is 0 Å². The molecule has 0 amide bonds. The third-order valence-corrected chi connectivity index (χ3v) is 7.08. The molecule has 9 atom stereocenters. The molecule has 0 aromatic rings. The van der Waals surface area contributed by atoms with Gasteiger partial charge in [0, 0.05) is 11.8 Å². The van der Waals surface area contributed by atoms with Crippen LogP contribution in [0.5, 0.6) is 0 Å². The van der Waals surface area contributed by atoms with Gasteiger partial charge in [-0.2, -0.15) is 0 Å². The molecule has 0 heterocycles. The second kappa shape index (κ2) is 9.30. The third kappa shape index (κ3) is 5.09. The van der Waals surface area contributed by atoms with Gasteiger partial charge in [-0.1, -0.05) is 62.3 Å². The standard InChI is InChI=1S/C22H38/c1-12-14(3)16(5)18(7)20(9)22(11)21(10)19(8)17(6)15(4)13-2/h1-2,14-22H,3-11H3/t14-,15+,16+,17-,18-,19+,20+,21-,22?. The zero-order valence-corrected chi connectivity index (χ0v) is 16.4. The SMILES string of the molecule is C#C[C@@H](C)[C@H](C)[C@@H](C)[C@H](C)C(C)[C@H](C)[C@@H](C)[C@H](C)[C@@H](C)C#C. The topological polar surface area (TPSA) is 0 Å². The van der Waals surface area contributed by atoms with E-state index in [-0.39, 0.29) is 0 Å². The molecule has 0 aliphatic carbocycles. The van der Waals surface area contributed by atoms with Gasteiger partial charge < -0.3 is 0 Å². The molecule has 126 valence electrons. The van der Waals surface area contributed by atoms with Crippen LogP contribution in [0.15, 0.2) is 0 Å². The summed E-state index contributed by atoms with van der Waals surface area (Å²) in [4.78, 5) is 0. The van der Waals surface area contributed by atoms with Gasteiger partial charge >= 0.3 is 0 Å². The summed E-state index contributed by atoms with van der Waals surface area (Å²) in [6, 6.07) is 0. The maximum atomic E-state index is 5.61. The van der Waals surface area contributed by atoms with E-state index in [2.05, 4.69) is 74.2 Å². The lowest BCUT2D eigenvalue weighted by molar-refractivity contribution is 0.103. The van der Waals surface area contributed by atoms with Crippen LogP contribution in [0, 0.1) is 77.9 Å². The van der Waals surface area contributed by atoms with Gasteiger partial charge in [0.15, 0.2) is 0 Å². The second-order valence-corrected chi connectivity index (χ2v) is 7.92. The van der Waals surface area contributed by atoms with E-state index in [4.69, 9.17) is 12.8 Å². The molecule has 0 radical (unpaired) electrons.